The summed E-state index contributed by atoms with van der Waals surface area (Å²) in [6, 6.07) is 3.26. The Labute approximate surface area is 88.0 Å². The van der Waals surface area contributed by atoms with Crippen LogP contribution in [-0.4, -0.2) is 20.0 Å². The minimum Gasteiger partial charge on any atom is -0.493 e. The normalized spacial score (nSPS) is 18.9. The van der Waals surface area contributed by atoms with E-state index >= 15 is 0 Å². The maximum absolute atomic E-state index is 11.6. The van der Waals surface area contributed by atoms with Crippen LogP contribution in [-0.2, 0) is 0 Å². The van der Waals surface area contributed by atoms with Gasteiger partial charge in [-0.25, -0.2) is 0 Å². The topological polar surface area (TPSA) is 61.6 Å². The standard InChI is InChI=1S/C11H13NO3/c1-14-10-3-6-7(4-11(10)15-2)9(13)5-8(6)12/h3-4,8H,5,12H2,1-2H3. The van der Waals surface area contributed by atoms with E-state index in [4.69, 9.17) is 15.2 Å². The average Bonchev–Trinajstić information content (AvgIpc) is 2.52. The molecule has 0 bridgehead atoms. The summed E-state index contributed by atoms with van der Waals surface area (Å²) in [5.74, 6) is 1.25. The van der Waals surface area contributed by atoms with E-state index in [0.29, 0.717) is 23.5 Å². The Morgan fingerprint density at radius 2 is 1.87 bits per heavy atom. The lowest BCUT2D eigenvalue weighted by Gasteiger charge is -2.10. The van der Waals surface area contributed by atoms with Gasteiger partial charge >= 0.3 is 0 Å². The first-order valence-corrected chi connectivity index (χ1v) is 4.72. The van der Waals surface area contributed by atoms with Gasteiger partial charge in [-0.05, 0) is 17.7 Å². The lowest BCUT2D eigenvalue weighted by atomic mass is 10.1. The smallest absolute Gasteiger partial charge is 0.165 e. The SMILES string of the molecule is COc1cc2c(cc1OC)C(N)CC2=O. The van der Waals surface area contributed by atoms with Crippen molar-refractivity contribution in [1.82, 2.24) is 0 Å². The van der Waals surface area contributed by atoms with E-state index < -0.39 is 0 Å². The number of methoxy groups -OCH3 is 2. The van der Waals surface area contributed by atoms with Crippen molar-refractivity contribution in [3.63, 3.8) is 0 Å². The van der Waals surface area contributed by atoms with Gasteiger partial charge in [0, 0.05) is 18.0 Å². The number of carbonyl (C=O) groups excluding carboxylic acids is 1. The number of ketones is 1. The van der Waals surface area contributed by atoms with Crippen molar-refractivity contribution in [2.75, 3.05) is 14.2 Å². The predicted molar refractivity (Wildman–Crippen MR) is 55.4 cm³/mol. The minimum absolute atomic E-state index is 0.0680. The highest BCUT2D eigenvalue weighted by molar-refractivity contribution is 6.01. The summed E-state index contributed by atoms with van der Waals surface area (Å²) >= 11 is 0. The summed E-state index contributed by atoms with van der Waals surface area (Å²) in [6.07, 6.45) is 0.367. The van der Waals surface area contributed by atoms with Crippen LogP contribution in [0.1, 0.15) is 28.4 Å². The summed E-state index contributed by atoms with van der Waals surface area (Å²) in [4.78, 5) is 11.6. The molecule has 0 fully saturated rings. The first-order valence-electron chi connectivity index (χ1n) is 4.72. The maximum Gasteiger partial charge on any atom is 0.165 e. The molecule has 0 aliphatic heterocycles. The molecule has 1 aromatic rings. The molecule has 15 heavy (non-hydrogen) atoms. The van der Waals surface area contributed by atoms with E-state index in [2.05, 4.69) is 0 Å². The number of Topliss-reactive ketones (excluding diaryl/α,β-unsaturated/α-hetero) is 1. The lowest BCUT2D eigenvalue weighted by Crippen LogP contribution is -2.06. The molecule has 80 valence electrons. The number of carbonyl (C=O) groups is 1. The Hall–Kier alpha value is -1.55. The second-order valence-corrected chi connectivity index (χ2v) is 3.53. The van der Waals surface area contributed by atoms with Crippen LogP contribution in [0.4, 0.5) is 0 Å². The van der Waals surface area contributed by atoms with Gasteiger partial charge in [-0.1, -0.05) is 0 Å². The maximum atomic E-state index is 11.6. The van der Waals surface area contributed by atoms with Crippen molar-refractivity contribution in [3.8, 4) is 11.5 Å². The van der Waals surface area contributed by atoms with Crippen LogP contribution < -0.4 is 15.2 Å². The van der Waals surface area contributed by atoms with Crippen LogP contribution in [0.15, 0.2) is 12.1 Å². The van der Waals surface area contributed by atoms with Crippen LogP contribution in [0, 0.1) is 0 Å². The summed E-state index contributed by atoms with van der Waals surface area (Å²) in [6.45, 7) is 0. The third-order valence-electron chi connectivity index (χ3n) is 2.66. The number of ether oxygens (including phenoxy) is 2. The quantitative estimate of drug-likeness (QED) is 0.793. The zero-order valence-corrected chi connectivity index (χ0v) is 8.74. The van der Waals surface area contributed by atoms with Crippen molar-refractivity contribution in [1.29, 1.82) is 0 Å². The van der Waals surface area contributed by atoms with E-state index in [1.165, 1.54) is 0 Å². The molecule has 1 unspecified atom stereocenters. The van der Waals surface area contributed by atoms with Gasteiger partial charge in [0.25, 0.3) is 0 Å². The molecule has 4 nitrogen and oxygen atoms in total. The molecule has 0 heterocycles. The number of nitrogens with two attached hydrogens (primary N) is 1. The number of rotatable bonds is 2. The highest BCUT2D eigenvalue weighted by Crippen LogP contribution is 2.38. The van der Waals surface area contributed by atoms with E-state index in [1.807, 2.05) is 0 Å². The van der Waals surface area contributed by atoms with Gasteiger partial charge in [0.15, 0.2) is 17.3 Å². The number of hydrogen-bond acceptors (Lipinski definition) is 4. The fourth-order valence-electron chi connectivity index (χ4n) is 1.86. The molecular formula is C11H13NO3. The van der Waals surface area contributed by atoms with Gasteiger partial charge in [-0.3, -0.25) is 4.79 Å². The number of benzene rings is 1. The van der Waals surface area contributed by atoms with Gasteiger partial charge < -0.3 is 15.2 Å². The summed E-state index contributed by atoms with van der Waals surface area (Å²) in [5.41, 5.74) is 7.33. The molecule has 0 aromatic heterocycles. The van der Waals surface area contributed by atoms with Crippen molar-refractivity contribution in [2.24, 2.45) is 5.73 Å². The Morgan fingerprint density at radius 3 is 2.47 bits per heavy atom. The molecule has 0 radical (unpaired) electrons. The molecule has 4 heteroatoms. The summed E-state index contributed by atoms with van der Waals surface area (Å²) in [5, 5.41) is 0. The largest absolute Gasteiger partial charge is 0.493 e. The van der Waals surface area contributed by atoms with Gasteiger partial charge in [0.05, 0.1) is 14.2 Å². The molecule has 1 atom stereocenters. The Bertz CT molecular complexity index is 415. The highest BCUT2D eigenvalue weighted by atomic mass is 16.5. The Balaban J connectivity index is 2.58. The van der Waals surface area contributed by atoms with Gasteiger partial charge in [-0.2, -0.15) is 0 Å². The van der Waals surface area contributed by atoms with Gasteiger partial charge in [0.2, 0.25) is 0 Å². The van der Waals surface area contributed by atoms with Crippen LogP contribution in [0.2, 0.25) is 0 Å². The Kier molecular flexibility index (Phi) is 2.36. The fourth-order valence-corrected chi connectivity index (χ4v) is 1.86. The molecule has 1 aliphatic carbocycles. The van der Waals surface area contributed by atoms with E-state index in [1.54, 1.807) is 26.4 Å². The molecule has 1 aliphatic rings. The molecule has 0 saturated carbocycles. The highest BCUT2D eigenvalue weighted by Gasteiger charge is 2.28. The zero-order valence-electron chi connectivity index (χ0n) is 8.74. The summed E-state index contributed by atoms with van der Waals surface area (Å²) in [7, 11) is 3.11. The first-order chi connectivity index (χ1) is 7.17. The molecule has 2 N–H and O–H groups in total. The second-order valence-electron chi connectivity index (χ2n) is 3.53. The van der Waals surface area contributed by atoms with Crippen LogP contribution in [0.25, 0.3) is 0 Å². The third-order valence-corrected chi connectivity index (χ3v) is 2.66. The van der Waals surface area contributed by atoms with Crippen LogP contribution in [0.3, 0.4) is 0 Å². The predicted octanol–water partition coefficient (Wildman–Crippen LogP) is 1.29. The molecular weight excluding hydrogens is 194 g/mol. The van der Waals surface area contributed by atoms with E-state index in [-0.39, 0.29) is 11.8 Å². The van der Waals surface area contributed by atoms with Gasteiger partial charge in [-0.15, -0.1) is 0 Å². The minimum atomic E-state index is -0.215. The molecule has 0 spiro atoms. The van der Waals surface area contributed by atoms with Crippen LogP contribution in [0.5, 0.6) is 11.5 Å². The monoisotopic (exact) mass is 207 g/mol. The number of fused-ring (bicyclic) bond motifs is 1. The van der Waals surface area contributed by atoms with Crippen molar-refractivity contribution < 1.29 is 14.3 Å². The van der Waals surface area contributed by atoms with Gasteiger partial charge in [0.1, 0.15) is 0 Å². The van der Waals surface area contributed by atoms with E-state index in [9.17, 15) is 4.79 Å². The van der Waals surface area contributed by atoms with Crippen molar-refractivity contribution >= 4 is 5.78 Å². The third kappa shape index (κ3) is 1.47. The van der Waals surface area contributed by atoms with Crippen LogP contribution >= 0.6 is 0 Å². The Morgan fingerprint density at radius 1 is 1.27 bits per heavy atom. The fraction of sp³-hybridized carbons (Fsp3) is 0.364. The molecule has 0 amide bonds. The average molecular weight is 207 g/mol. The number of hydrogen-bond donors (Lipinski definition) is 1. The summed E-state index contributed by atoms with van der Waals surface area (Å²) < 4.78 is 10.3. The van der Waals surface area contributed by atoms with Crippen molar-refractivity contribution in [2.45, 2.75) is 12.5 Å². The molecule has 0 saturated heterocycles. The molecule has 1 aromatic carbocycles. The second kappa shape index (κ2) is 3.55. The first kappa shape index (κ1) is 9.98. The lowest BCUT2D eigenvalue weighted by molar-refractivity contribution is 0.0989. The van der Waals surface area contributed by atoms with E-state index in [0.717, 1.165) is 5.56 Å². The van der Waals surface area contributed by atoms with Crippen molar-refractivity contribution in [3.05, 3.63) is 23.3 Å². The molecule has 2 rings (SSSR count). The zero-order chi connectivity index (χ0) is 11.0.